The van der Waals surface area contributed by atoms with Gasteiger partial charge in [-0.2, -0.15) is 0 Å². The Hall–Kier alpha value is -0.280. The second-order valence-electron chi connectivity index (χ2n) is 3.05. The van der Waals surface area contributed by atoms with Crippen molar-refractivity contribution in [1.82, 2.24) is 20.2 Å². The lowest BCUT2D eigenvalue weighted by Gasteiger charge is -2.00. The maximum absolute atomic E-state index is 5.56. The lowest BCUT2D eigenvalue weighted by atomic mass is 10.4. The molecule has 0 saturated heterocycles. The molecule has 1 aromatic heterocycles. The van der Waals surface area contributed by atoms with E-state index in [1.165, 1.54) is 0 Å². The molecular formula is C8H17BrN6S2. The standard InChI is InChI=1S/C8H16N6S2.BrH/c1-10-7(9)15-5-3-4-6-16-8-11-12-13-14(8)2;/h3-6H2,1-2H3,(H2,9,10);1H. The molecule has 6 nitrogen and oxygen atoms in total. The fourth-order valence-electron chi connectivity index (χ4n) is 0.952. The van der Waals surface area contributed by atoms with Crippen LogP contribution >= 0.6 is 40.5 Å². The lowest BCUT2D eigenvalue weighted by molar-refractivity contribution is 0.664. The summed E-state index contributed by atoms with van der Waals surface area (Å²) in [5.74, 6) is 2.04. The van der Waals surface area contributed by atoms with Crippen LogP contribution in [0.3, 0.4) is 0 Å². The van der Waals surface area contributed by atoms with Crippen molar-refractivity contribution in [2.45, 2.75) is 18.0 Å². The summed E-state index contributed by atoms with van der Waals surface area (Å²) in [6, 6.07) is 0. The molecule has 1 rings (SSSR count). The Morgan fingerprint density at radius 2 is 2.12 bits per heavy atom. The predicted molar refractivity (Wildman–Crippen MR) is 79.1 cm³/mol. The zero-order chi connectivity index (χ0) is 11.8. The molecule has 0 spiro atoms. The lowest BCUT2D eigenvalue weighted by Crippen LogP contribution is -2.06. The number of aromatic nitrogens is 4. The summed E-state index contributed by atoms with van der Waals surface area (Å²) in [6.45, 7) is 0. The van der Waals surface area contributed by atoms with E-state index < -0.39 is 0 Å². The van der Waals surface area contributed by atoms with Crippen LogP contribution in [0.5, 0.6) is 0 Å². The molecule has 1 aromatic rings. The molecule has 0 aromatic carbocycles. The van der Waals surface area contributed by atoms with Gasteiger partial charge in [0.15, 0.2) is 5.17 Å². The molecule has 0 saturated carbocycles. The molecule has 0 aliphatic carbocycles. The number of hydrogen-bond donors (Lipinski definition) is 1. The minimum absolute atomic E-state index is 0. The molecule has 0 atom stereocenters. The molecule has 0 aliphatic heterocycles. The van der Waals surface area contributed by atoms with Crippen molar-refractivity contribution in [3.8, 4) is 0 Å². The van der Waals surface area contributed by atoms with Crippen LogP contribution in [0.25, 0.3) is 0 Å². The van der Waals surface area contributed by atoms with Crippen LogP contribution in [0.2, 0.25) is 0 Å². The summed E-state index contributed by atoms with van der Waals surface area (Å²) in [4.78, 5) is 3.88. The van der Waals surface area contributed by atoms with Crippen molar-refractivity contribution in [3.63, 3.8) is 0 Å². The van der Waals surface area contributed by atoms with Crippen molar-refractivity contribution < 1.29 is 0 Å². The van der Waals surface area contributed by atoms with Crippen molar-refractivity contribution in [3.05, 3.63) is 0 Å². The average molecular weight is 341 g/mol. The highest BCUT2D eigenvalue weighted by molar-refractivity contribution is 8.93. The van der Waals surface area contributed by atoms with E-state index in [4.69, 9.17) is 5.73 Å². The average Bonchev–Trinajstić information content (AvgIpc) is 2.69. The first-order chi connectivity index (χ1) is 7.74. The molecule has 0 amide bonds. The third-order valence-electron chi connectivity index (χ3n) is 1.82. The Balaban J connectivity index is 0.00000256. The first-order valence-corrected chi connectivity index (χ1v) is 6.91. The van der Waals surface area contributed by atoms with Crippen LogP contribution in [0, 0.1) is 0 Å². The highest BCUT2D eigenvalue weighted by Gasteiger charge is 2.01. The van der Waals surface area contributed by atoms with E-state index in [9.17, 15) is 0 Å². The quantitative estimate of drug-likeness (QED) is 0.364. The van der Waals surface area contributed by atoms with Gasteiger partial charge in [0.2, 0.25) is 5.16 Å². The molecule has 17 heavy (non-hydrogen) atoms. The van der Waals surface area contributed by atoms with E-state index in [1.807, 2.05) is 7.05 Å². The van der Waals surface area contributed by atoms with Gasteiger partial charge in [0.05, 0.1) is 0 Å². The number of nitrogens with zero attached hydrogens (tertiary/aromatic N) is 5. The molecule has 0 unspecified atom stereocenters. The van der Waals surface area contributed by atoms with E-state index in [-0.39, 0.29) is 17.0 Å². The van der Waals surface area contributed by atoms with Gasteiger partial charge in [0.1, 0.15) is 0 Å². The molecule has 0 fully saturated rings. The third-order valence-corrected chi connectivity index (χ3v) is 3.89. The van der Waals surface area contributed by atoms with Crippen molar-refractivity contribution in [2.75, 3.05) is 18.6 Å². The van der Waals surface area contributed by atoms with E-state index in [0.29, 0.717) is 5.17 Å². The van der Waals surface area contributed by atoms with Crippen LogP contribution in [0.4, 0.5) is 0 Å². The first-order valence-electron chi connectivity index (χ1n) is 4.94. The van der Waals surface area contributed by atoms with Crippen LogP contribution in [-0.4, -0.2) is 43.9 Å². The Morgan fingerprint density at radius 1 is 1.41 bits per heavy atom. The van der Waals surface area contributed by atoms with Crippen LogP contribution in [0.1, 0.15) is 12.8 Å². The Kier molecular flexibility index (Phi) is 9.56. The molecule has 2 N–H and O–H groups in total. The maximum Gasteiger partial charge on any atom is 0.209 e. The molecule has 0 radical (unpaired) electrons. The molecule has 1 heterocycles. The van der Waals surface area contributed by atoms with E-state index >= 15 is 0 Å². The minimum Gasteiger partial charge on any atom is -0.379 e. The van der Waals surface area contributed by atoms with E-state index in [0.717, 1.165) is 29.5 Å². The van der Waals surface area contributed by atoms with Gasteiger partial charge in [0, 0.05) is 25.6 Å². The molecule has 0 aliphatic rings. The summed E-state index contributed by atoms with van der Waals surface area (Å²) in [7, 11) is 3.55. The van der Waals surface area contributed by atoms with Gasteiger partial charge in [-0.15, -0.1) is 22.1 Å². The van der Waals surface area contributed by atoms with Crippen molar-refractivity contribution in [2.24, 2.45) is 17.8 Å². The van der Waals surface area contributed by atoms with Crippen LogP contribution in [0.15, 0.2) is 10.1 Å². The van der Waals surface area contributed by atoms with Gasteiger partial charge in [-0.25, -0.2) is 4.68 Å². The van der Waals surface area contributed by atoms with Gasteiger partial charge in [0.25, 0.3) is 0 Å². The van der Waals surface area contributed by atoms with Crippen molar-refractivity contribution in [1.29, 1.82) is 0 Å². The smallest absolute Gasteiger partial charge is 0.209 e. The minimum atomic E-state index is 0. The van der Waals surface area contributed by atoms with Gasteiger partial charge in [-0.1, -0.05) is 23.5 Å². The summed E-state index contributed by atoms with van der Waals surface area (Å²) in [6.07, 6.45) is 2.25. The number of hydrogen-bond acceptors (Lipinski definition) is 6. The number of unbranched alkanes of at least 4 members (excludes halogenated alkanes) is 1. The highest BCUT2D eigenvalue weighted by Crippen LogP contribution is 2.15. The number of aliphatic imine (C=N–C) groups is 1. The largest absolute Gasteiger partial charge is 0.379 e. The molecule has 0 bridgehead atoms. The van der Waals surface area contributed by atoms with Gasteiger partial charge in [-0.3, -0.25) is 4.99 Å². The molecular weight excluding hydrogens is 324 g/mol. The summed E-state index contributed by atoms with van der Waals surface area (Å²) >= 11 is 3.27. The number of tetrazole rings is 1. The topological polar surface area (TPSA) is 82.0 Å². The number of amidine groups is 1. The Bertz CT molecular complexity index is 343. The predicted octanol–water partition coefficient (Wildman–Crippen LogP) is 1.34. The highest BCUT2D eigenvalue weighted by atomic mass is 79.9. The van der Waals surface area contributed by atoms with Crippen molar-refractivity contribution >= 4 is 45.7 Å². The Morgan fingerprint density at radius 3 is 2.71 bits per heavy atom. The molecule has 9 heteroatoms. The fraction of sp³-hybridized carbons (Fsp3) is 0.750. The second-order valence-corrected chi connectivity index (χ2v) is 5.23. The van der Waals surface area contributed by atoms with Crippen LogP contribution in [-0.2, 0) is 7.05 Å². The zero-order valence-electron chi connectivity index (χ0n) is 9.87. The van der Waals surface area contributed by atoms with Gasteiger partial charge in [-0.05, 0) is 23.3 Å². The van der Waals surface area contributed by atoms with Gasteiger partial charge >= 0.3 is 0 Å². The third kappa shape index (κ3) is 6.89. The summed E-state index contributed by atoms with van der Waals surface area (Å²) in [5.41, 5.74) is 5.56. The number of rotatable bonds is 6. The number of thioether (sulfide) groups is 2. The Labute approximate surface area is 120 Å². The number of halogens is 1. The maximum atomic E-state index is 5.56. The van der Waals surface area contributed by atoms with Crippen LogP contribution < -0.4 is 5.73 Å². The number of nitrogens with two attached hydrogens (primary N) is 1. The first kappa shape index (κ1) is 16.7. The van der Waals surface area contributed by atoms with Gasteiger partial charge < -0.3 is 5.73 Å². The second kappa shape index (κ2) is 9.72. The van der Waals surface area contributed by atoms with E-state index in [1.54, 1.807) is 35.3 Å². The fourth-order valence-corrected chi connectivity index (χ4v) is 2.49. The van der Waals surface area contributed by atoms with E-state index in [2.05, 4.69) is 20.5 Å². The normalized spacial score (nSPS) is 11.3. The SMILES string of the molecule is Br.CN=C(N)SCCCCSc1nnnn1C. The monoisotopic (exact) mass is 340 g/mol. The number of aryl methyl sites for hydroxylation is 1. The zero-order valence-corrected chi connectivity index (χ0v) is 13.2. The summed E-state index contributed by atoms with van der Waals surface area (Å²) in [5, 5.41) is 12.8. The summed E-state index contributed by atoms with van der Waals surface area (Å²) < 4.78 is 1.68. The molecule has 98 valence electrons.